The minimum absolute atomic E-state index is 0.0509. The molecule has 0 fully saturated rings. The van der Waals surface area contributed by atoms with Gasteiger partial charge < -0.3 is 10.6 Å². The van der Waals surface area contributed by atoms with Crippen LogP contribution in [-0.2, 0) is 9.59 Å². The van der Waals surface area contributed by atoms with Gasteiger partial charge in [-0.2, -0.15) is 0 Å². The summed E-state index contributed by atoms with van der Waals surface area (Å²) in [4.78, 5) is 44.7. The van der Waals surface area contributed by atoms with Crippen molar-refractivity contribution in [2.45, 2.75) is 14.7 Å². The minimum Gasteiger partial charge on any atom is -0.321 e. The van der Waals surface area contributed by atoms with Gasteiger partial charge in [-0.05, 0) is 78.4 Å². The number of nitrogens with zero attached hydrogens (tertiary/aromatic N) is 1. The van der Waals surface area contributed by atoms with Crippen molar-refractivity contribution in [3.05, 3.63) is 149 Å². The van der Waals surface area contributed by atoms with Crippen molar-refractivity contribution in [3.63, 3.8) is 0 Å². The first kappa shape index (κ1) is 30.3. The van der Waals surface area contributed by atoms with Crippen LogP contribution in [0.5, 0.6) is 0 Å². The minimum atomic E-state index is -0.503. The highest BCUT2D eigenvalue weighted by molar-refractivity contribution is 8.00. The van der Waals surface area contributed by atoms with Crippen LogP contribution in [0, 0.1) is 0 Å². The smallest absolute Gasteiger partial charge is 0.272 e. The predicted molar refractivity (Wildman–Crippen MR) is 183 cm³/mol. The van der Waals surface area contributed by atoms with E-state index in [4.69, 9.17) is 11.6 Å². The molecule has 5 aromatic rings. The number of hydrogen-bond donors (Lipinski definition) is 2. The van der Waals surface area contributed by atoms with Gasteiger partial charge in [0, 0.05) is 31.0 Å². The molecule has 0 spiro atoms. The summed E-state index contributed by atoms with van der Waals surface area (Å²) in [5.41, 5.74) is 3.38. The van der Waals surface area contributed by atoms with E-state index in [-0.39, 0.29) is 17.4 Å². The van der Waals surface area contributed by atoms with Crippen molar-refractivity contribution in [1.29, 1.82) is 0 Å². The van der Waals surface area contributed by atoms with Crippen molar-refractivity contribution in [2.75, 3.05) is 16.0 Å². The molecule has 1 aliphatic heterocycles. The zero-order valence-corrected chi connectivity index (χ0v) is 26.2. The van der Waals surface area contributed by atoms with E-state index < -0.39 is 11.8 Å². The van der Waals surface area contributed by atoms with Crippen LogP contribution in [0.2, 0.25) is 5.02 Å². The van der Waals surface area contributed by atoms with Crippen LogP contribution in [0.15, 0.2) is 148 Å². The second-order valence-corrected chi connectivity index (χ2v) is 12.5. The lowest BCUT2D eigenvalue weighted by Gasteiger charge is -2.31. The summed E-state index contributed by atoms with van der Waals surface area (Å²) < 4.78 is 0. The Morgan fingerprint density at radius 1 is 0.756 bits per heavy atom. The van der Waals surface area contributed by atoms with E-state index in [1.807, 2.05) is 66.7 Å². The van der Waals surface area contributed by atoms with E-state index in [0.717, 1.165) is 26.1 Å². The van der Waals surface area contributed by atoms with Gasteiger partial charge in [0.1, 0.15) is 5.70 Å². The van der Waals surface area contributed by atoms with Crippen molar-refractivity contribution in [3.8, 4) is 0 Å². The zero-order valence-electron chi connectivity index (χ0n) is 23.8. The first-order valence-electron chi connectivity index (χ1n) is 14.0. The molecule has 5 aromatic carbocycles. The predicted octanol–water partition coefficient (Wildman–Crippen LogP) is 8.67. The fourth-order valence-corrected chi connectivity index (χ4v) is 6.81. The molecule has 0 saturated carbocycles. The maximum atomic E-state index is 13.6. The van der Waals surface area contributed by atoms with Gasteiger partial charge in [-0.25, -0.2) is 0 Å². The molecule has 1 aliphatic rings. The number of rotatable bonds is 8. The summed E-state index contributed by atoms with van der Waals surface area (Å²) in [5, 5.41) is 6.13. The highest BCUT2D eigenvalue weighted by atomic mass is 35.5. The van der Waals surface area contributed by atoms with Crippen molar-refractivity contribution in [2.24, 2.45) is 0 Å². The lowest BCUT2D eigenvalue weighted by Crippen LogP contribution is -2.30. The number of para-hydroxylation sites is 2. The molecule has 0 atom stereocenters. The third-order valence-electron chi connectivity index (χ3n) is 6.82. The summed E-state index contributed by atoms with van der Waals surface area (Å²) in [5.74, 6) is -0.778. The summed E-state index contributed by atoms with van der Waals surface area (Å²) in [6.45, 7) is 0. The number of carbonyl (C=O) groups excluding carboxylic acids is 3. The lowest BCUT2D eigenvalue weighted by molar-refractivity contribution is -0.115. The molecule has 0 unspecified atom stereocenters. The third kappa shape index (κ3) is 7.32. The molecule has 222 valence electrons. The average molecular weight is 648 g/mol. The van der Waals surface area contributed by atoms with Gasteiger partial charge in [0.05, 0.1) is 17.1 Å². The molecule has 6 nitrogen and oxygen atoms in total. The molecular formula is C36H26ClN3O3S2. The van der Waals surface area contributed by atoms with Gasteiger partial charge in [0.2, 0.25) is 5.91 Å². The summed E-state index contributed by atoms with van der Waals surface area (Å²) in [6, 6.07) is 38.7. The lowest BCUT2D eigenvalue weighted by atomic mass is 10.1. The molecule has 0 radical (unpaired) electrons. The van der Waals surface area contributed by atoms with Crippen molar-refractivity contribution < 1.29 is 14.4 Å². The van der Waals surface area contributed by atoms with Crippen LogP contribution in [0.25, 0.3) is 6.08 Å². The van der Waals surface area contributed by atoms with Crippen LogP contribution < -0.4 is 15.5 Å². The van der Waals surface area contributed by atoms with E-state index in [0.29, 0.717) is 21.8 Å². The first-order valence-corrected chi connectivity index (χ1v) is 16.2. The largest absolute Gasteiger partial charge is 0.321 e. The van der Waals surface area contributed by atoms with Crippen molar-refractivity contribution in [1.82, 2.24) is 5.32 Å². The topological polar surface area (TPSA) is 78.5 Å². The molecule has 1 heterocycles. The molecular weight excluding hydrogens is 622 g/mol. The molecule has 0 aliphatic carbocycles. The number of hydrogen-bond acceptors (Lipinski definition) is 5. The second kappa shape index (κ2) is 13.9. The number of halogens is 1. The number of amides is 3. The Morgan fingerprint density at radius 3 is 2.13 bits per heavy atom. The zero-order chi connectivity index (χ0) is 31.2. The summed E-state index contributed by atoms with van der Waals surface area (Å²) in [7, 11) is 0. The van der Waals surface area contributed by atoms with Crippen LogP contribution in [0.3, 0.4) is 0 Å². The van der Waals surface area contributed by atoms with E-state index in [1.54, 1.807) is 83.4 Å². The van der Waals surface area contributed by atoms with Gasteiger partial charge in [-0.3, -0.25) is 19.3 Å². The van der Waals surface area contributed by atoms with Gasteiger partial charge in [-0.1, -0.05) is 84.0 Å². The normalized spacial score (nSPS) is 12.1. The number of nitrogens with one attached hydrogen (secondary N) is 2. The van der Waals surface area contributed by atoms with E-state index in [9.17, 15) is 14.4 Å². The summed E-state index contributed by atoms with van der Waals surface area (Å²) in [6.07, 6.45) is 1.58. The van der Waals surface area contributed by atoms with Crippen LogP contribution in [0.4, 0.5) is 17.1 Å². The molecule has 45 heavy (non-hydrogen) atoms. The average Bonchev–Trinajstić information content (AvgIpc) is 3.06. The van der Waals surface area contributed by atoms with E-state index in [2.05, 4.69) is 10.6 Å². The Hall–Kier alpha value is -4.76. The highest BCUT2D eigenvalue weighted by Crippen LogP contribution is 2.48. The Balaban J connectivity index is 1.18. The van der Waals surface area contributed by atoms with E-state index in [1.165, 1.54) is 11.8 Å². The molecule has 0 bridgehead atoms. The molecule has 0 saturated heterocycles. The third-order valence-corrected chi connectivity index (χ3v) is 9.17. The number of benzene rings is 5. The van der Waals surface area contributed by atoms with Gasteiger partial charge >= 0.3 is 0 Å². The number of carbonyl (C=O) groups is 3. The number of anilines is 3. The van der Waals surface area contributed by atoms with Gasteiger partial charge in [0.15, 0.2) is 0 Å². The quantitative estimate of drug-likeness (QED) is 0.130. The fraction of sp³-hybridized carbons (Fsp3) is 0.0278. The van der Waals surface area contributed by atoms with Crippen LogP contribution in [0.1, 0.15) is 15.9 Å². The Labute approximate surface area is 274 Å². The Bertz CT molecular complexity index is 1880. The highest BCUT2D eigenvalue weighted by Gasteiger charge is 2.27. The molecule has 3 amide bonds. The molecule has 0 aromatic heterocycles. The van der Waals surface area contributed by atoms with Crippen molar-refractivity contribution >= 4 is 76.0 Å². The van der Waals surface area contributed by atoms with E-state index >= 15 is 0 Å². The van der Waals surface area contributed by atoms with Crippen LogP contribution in [-0.4, -0.2) is 23.5 Å². The SMILES string of the molecule is O=C(Nc1cccc(SCC(=O)N2c3ccccc3Sc3ccccc32)c1)/C(=C/c1cccc(Cl)c1)NC(=O)c1ccccc1. The maximum absolute atomic E-state index is 13.6. The standard InChI is InChI=1S/C36H26ClN3O3S2/c37-26-13-8-10-24(20-26)21-29(39-35(42)25-11-2-1-3-12-25)36(43)38-27-14-9-15-28(22-27)44-23-34(41)40-30-16-4-6-18-32(30)45-33-19-7-5-17-31(33)40/h1-22H,23H2,(H,38,43)(H,39,42)/b29-21-. The number of fused-ring (bicyclic) bond motifs is 2. The molecule has 9 heteroatoms. The summed E-state index contributed by atoms with van der Waals surface area (Å²) >= 11 is 9.20. The first-order chi connectivity index (χ1) is 21.9. The molecule has 2 N–H and O–H groups in total. The Morgan fingerprint density at radius 2 is 1.42 bits per heavy atom. The Kier molecular flexibility index (Phi) is 9.35. The number of thioether (sulfide) groups is 1. The van der Waals surface area contributed by atoms with Gasteiger partial charge in [-0.15, -0.1) is 11.8 Å². The molecule has 6 rings (SSSR count). The maximum Gasteiger partial charge on any atom is 0.272 e. The fourth-order valence-electron chi connectivity index (χ4n) is 4.75. The van der Waals surface area contributed by atoms with Gasteiger partial charge in [0.25, 0.3) is 11.8 Å². The van der Waals surface area contributed by atoms with Crippen LogP contribution >= 0.6 is 35.1 Å². The second-order valence-electron chi connectivity index (χ2n) is 9.97. The monoisotopic (exact) mass is 647 g/mol.